The van der Waals surface area contributed by atoms with Crippen LogP contribution in [0.25, 0.3) is 22.3 Å². The molecule has 61 heavy (non-hydrogen) atoms. The van der Waals surface area contributed by atoms with Crippen LogP contribution in [0.15, 0.2) is 176 Å². The van der Waals surface area contributed by atoms with Gasteiger partial charge in [0.2, 0.25) is 0 Å². The van der Waals surface area contributed by atoms with E-state index in [1.165, 1.54) is 80.9 Å². The summed E-state index contributed by atoms with van der Waals surface area (Å²) in [5, 5.41) is 0. The van der Waals surface area contributed by atoms with E-state index in [0.717, 1.165) is 11.5 Å². The Balaban J connectivity index is 1.24. The molecule has 2 spiro atoms. The summed E-state index contributed by atoms with van der Waals surface area (Å²) in [7, 11) is 0. The molecule has 0 unspecified atom stereocenters. The van der Waals surface area contributed by atoms with Crippen molar-refractivity contribution in [1.82, 2.24) is 9.80 Å². The summed E-state index contributed by atoms with van der Waals surface area (Å²) in [5.41, 5.74) is 14.3. The molecule has 6 bridgehead atoms. The zero-order chi connectivity index (χ0) is 41.0. The van der Waals surface area contributed by atoms with Crippen LogP contribution in [0.4, 0.5) is 11.4 Å². The number of anilines is 2. The van der Waals surface area contributed by atoms with E-state index >= 15 is 0 Å². The predicted molar refractivity (Wildman–Crippen MR) is 243 cm³/mol. The van der Waals surface area contributed by atoms with Crippen LogP contribution >= 0.6 is 0 Å². The zero-order valence-corrected chi connectivity index (χ0v) is 37.0. The van der Waals surface area contributed by atoms with Crippen LogP contribution in [0.5, 0.6) is 11.5 Å². The molecule has 0 radical (unpaired) electrons. The Morgan fingerprint density at radius 3 is 1.56 bits per heavy atom. The Hall–Kier alpha value is -6.29. The second-order valence-electron chi connectivity index (χ2n) is 18.5. The van der Waals surface area contributed by atoms with Crippen molar-refractivity contribution in [3.8, 4) is 33.8 Å². The first-order valence-electron chi connectivity index (χ1n) is 21.3. The normalized spacial score (nSPS) is 18.6. The molecule has 0 aromatic heterocycles. The van der Waals surface area contributed by atoms with Crippen LogP contribution in [0.2, 0.25) is 0 Å². The molecule has 0 amide bonds. The number of hydrogen-bond acceptors (Lipinski definition) is 5. The molecule has 300 valence electrons. The van der Waals surface area contributed by atoms with Crippen LogP contribution in [-0.2, 0) is 34.1 Å². The molecule has 5 nitrogen and oxygen atoms in total. The molecule has 6 aliphatic rings. The second-order valence-corrected chi connectivity index (χ2v) is 21.1. The van der Waals surface area contributed by atoms with E-state index in [1.54, 1.807) is 0 Å². The molecule has 0 saturated carbocycles. The van der Waals surface area contributed by atoms with Gasteiger partial charge in [-0.2, -0.15) is 0 Å². The van der Waals surface area contributed by atoms with Gasteiger partial charge in [0.15, 0.2) is 0 Å². The van der Waals surface area contributed by atoms with Gasteiger partial charge in [-0.15, -0.1) is 0 Å². The summed E-state index contributed by atoms with van der Waals surface area (Å²) in [6.07, 6.45) is 4.76. The third-order valence-electron chi connectivity index (χ3n) is 13.9. The van der Waals surface area contributed by atoms with Crippen molar-refractivity contribution in [3.05, 3.63) is 215 Å². The topological polar surface area (TPSA) is 22.2 Å². The zero-order valence-electron chi connectivity index (χ0n) is 34.8. The number of ether oxygens (including phenoxy) is 1. The van der Waals surface area contributed by atoms with E-state index in [1.807, 2.05) is 0 Å². The Kier molecular flexibility index (Phi) is 6.95. The van der Waals surface area contributed by atoms with Crippen LogP contribution in [0.3, 0.4) is 0 Å². The Morgan fingerprint density at radius 2 is 0.967 bits per heavy atom. The summed E-state index contributed by atoms with van der Waals surface area (Å²) in [6.45, 7) is 11.8. The summed E-state index contributed by atoms with van der Waals surface area (Å²) in [5.74, 6) is 1.66. The molecule has 0 N–H and O–H groups in total. The first-order chi connectivity index (χ1) is 29.6. The standard InChI is InChI=1S/C55H44N4O.Pt/c1-52(2,3)38-31-39-34-41(33-38)60-40-18-16-17-37(32-40)55(48-25-12-8-21-44(48)45-22-9-13-26-49(45)55)59-36-58(50-27-14-15-28-51(50)59)53(4,5)56-29-30-57(35-56)54(39)46-23-10-6-19-42(46)43-20-7-11-24-47(43)54;/h6-34H,1-5H3;. The molecule has 4 aliphatic heterocycles. The van der Waals surface area contributed by atoms with Crippen LogP contribution in [0.1, 0.15) is 73.6 Å². The Morgan fingerprint density at radius 1 is 0.459 bits per heavy atom. The van der Waals surface area contributed by atoms with Gasteiger partial charge in [-0.05, 0) is 0 Å². The molecule has 6 heteroatoms. The number of hydrogen-bond donors (Lipinski definition) is 0. The van der Waals surface area contributed by atoms with Gasteiger partial charge in [-0.3, -0.25) is 0 Å². The van der Waals surface area contributed by atoms with Gasteiger partial charge in [-0.1, -0.05) is 0 Å². The van der Waals surface area contributed by atoms with Crippen molar-refractivity contribution in [2.75, 3.05) is 9.80 Å². The molecule has 0 fully saturated rings. The van der Waals surface area contributed by atoms with E-state index in [4.69, 9.17) is 4.74 Å². The van der Waals surface area contributed by atoms with Crippen molar-refractivity contribution in [3.63, 3.8) is 0 Å². The van der Waals surface area contributed by atoms with E-state index in [2.05, 4.69) is 230 Å². The third kappa shape index (κ3) is 4.35. The molecular formula is C55H44N4OPt. The SMILES string of the molecule is CC(C)(C)c1cc2cc(c1)C1(c3ccccc3-c3ccccc31)N1C=CN3[C]1=[Pt]=[C]1N(c4ccccc4N1C3(C)C)C1(c3cccc(c3)O2)c2ccccc2-c2ccccc21. The molecule has 0 atom stereocenters. The van der Waals surface area contributed by atoms with Gasteiger partial charge in [0.1, 0.15) is 0 Å². The molecule has 13 rings (SSSR count). The van der Waals surface area contributed by atoms with Crippen LogP contribution in [0, 0.1) is 0 Å². The van der Waals surface area contributed by atoms with Crippen molar-refractivity contribution >= 4 is 19.7 Å². The van der Waals surface area contributed by atoms with Gasteiger partial charge in [0.05, 0.1) is 0 Å². The predicted octanol–water partition coefficient (Wildman–Crippen LogP) is 11.8. The summed E-state index contributed by atoms with van der Waals surface area (Å²) in [6, 6.07) is 61.6. The van der Waals surface area contributed by atoms with Crippen LogP contribution in [-0.4, -0.2) is 23.8 Å². The van der Waals surface area contributed by atoms with E-state index in [0.29, 0.717) is 0 Å². The summed E-state index contributed by atoms with van der Waals surface area (Å²) in [4.78, 5) is 10.7. The third-order valence-corrected chi connectivity index (χ3v) is 17.1. The summed E-state index contributed by atoms with van der Waals surface area (Å²) >= 11 is -0.904. The van der Waals surface area contributed by atoms with Gasteiger partial charge in [0.25, 0.3) is 0 Å². The average molecular weight is 972 g/mol. The molecule has 0 saturated heterocycles. The number of para-hydroxylation sites is 2. The van der Waals surface area contributed by atoms with Crippen molar-refractivity contribution in [2.45, 2.75) is 56.8 Å². The van der Waals surface area contributed by atoms with Gasteiger partial charge in [0, 0.05) is 0 Å². The van der Waals surface area contributed by atoms with E-state index in [-0.39, 0.29) is 5.41 Å². The van der Waals surface area contributed by atoms with Gasteiger partial charge >= 0.3 is 367 Å². The fraction of sp³-hybridized carbons (Fsp3) is 0.164. The van der Waals surface area contributed by atoms with Gasteiger partial charge in [-0.25, -0.2) is 0 Å². The van der Waals surface area contributed by atoms with E-state index in [9.17, 15) is 0 Å². The molecular weight excluding hydrogens is 928 g/mol. The van der Waals surface area contributed by atoms with Crippen molar-refractivity contribution in [1.29, 1.82) is 0 Å². The second kappa shape index (κ2) is 12.0. The number of fused-ring (bicyclic) bond motifs is 21. The quantitative estimate of drug-likeness (QED) is 0.151. The molecule has 4 heterocycles. The minimum absolute atomic E-state index is 0.145. The maximum absolute atomic E-state index is 7.27. The first kappa shape index (κ1) is 35.5. The minimum atomic E-state index is -0.904. The molecule has 2 aliphatic carbocycles. The van der Waals surface area contributed by atoms with Crippen molar-refractivity contribution in [2.24, 2.45) is 0 Å². The molecule has 7 aromatic rings. The molecule has 7 aromatic carbocycles. The van der Waals surface area contributed by atoms with Crippen molar-refractivity contribution < 1.29 is 22.4 Å². The fourth-order valence-electron chi connectivity index (χ4n) is 11.3. The van der Waals surface area contributed by atoms with Gasteiger partial charge < -0.3 is 0 Å². The Labute approximate surface area is 365 Å². The number of rotatable bonds is 0. The maximum atomic E-state index is 7.27. The Bertz CT molecular complexity index is 3090. The summed E-state index contributed by atoms with van der Waals surface area (Å²) < 4.78 is 9.98. The first-order valence-corrected chi connectivity index (χ1v) is 23.5. The monoisotopic (exact) mass is 971 g/mol. The average Bonchev–Trinajstić information content (AvgIpc) is 4.01. The van der Waals surface area contributed by atoms with Crippen LogP contribution < -0.4 is 14.5 Å². The number of nitrogens with zero attached hydrogens (tertiary/aromatic N) is 4. The number of benzene rings is 7. The van der Waals surface area contributed by atoms with E-state index < -0.39 is 34.4 Å². The fourth-order valence-corrected chi connectivity index (χ4v) is 15.7.